The number of nitrogens with zero attached hydrogens (tertiary/aromatic N) is 1. The van der Waals surface area contributed by atoms with Gasteiger partial charge in [0.2, 0.25) is 10.0 Å². The number of nitrogen functional groups attached to an aromatic ring is 1. The average Bonchev–Trinajstić information content (AvgIpc) is 2.79. The van der Waals surface area contributed by atoms with Crippen LogP contribution in [0.25, 0.3) is 0 Å². The van der Waals surface area contributed by atoms with E-state index in [4.69, 9.17) is 28.9 Å². The van der Waals surface area contributed by atoms with Gasteiger partial charge >= 0.3 is 0 Å². The van der Waals surface area contributed by atoms with E-state index < -0.39 is 10.0 Å². The van der Waals surface area contributed by atoms with Gasteiger partial charge in [0, 0.05) is 12.6 Å². The van der Waals surface area contributed by atoms with Crippen molar-refractivity contribution in [2.24, 2.45) is 0 Å². The molecule has 0 saturated carbocycles. The third-order valence-corrected chi connectivity index (χ3v) is 5.88. The molecule has 1 unspecified atom stereocenters. The van der Waals surface area contributed by atoms with Crippen LogP contribution >= 0.6 is 23.2 Å². The number of sulfonamides is 1. The second-order valence-corrected chi connectivity index (χ2v) is 7.42. The molecule has 1 saturated heterocycles. The Bertz CT molecular complexity index is 607. The van der Waals surface area contributed by atoms with E-state index in [0.717, 1.165) is 19.4 Å². The first-order valence-electron chi connectivity index (χ1n) is 6.26. The lowest BCUT2D eigenvalue weighted by molar-refractivity contribution is 0.311. The van der Waals surface area contributed by atoms with Crippen LogP contribution in [0.1, 0.15) is 12.8 Å². The molecule has 5 nitrogen and oxygen atoms in total. The van der Waals surface area contributed by atoms with Gasteiger partial charge in [-0.25, -0.2) is 13.1 Å². The molecule has 0 radical (unpaired) electrons. The Morgan fingerprint density at radius 3 is 2.75 bits per heavy atom. The number of rotatable bonds is 4. The summed E-state index contributed by atoms with van der Waals surface area (Å²) in [6.07, 6.45) is 2.06. The molecule has 1 fully saturated rings. The third kappa shape index (κ3) is 3.20. The zero-order valence-corrected chi connectivity index (χ0v) is 13.4. The molecule has 0 spiro atoms. The Morgan fingerprint density at radius 1 is 1.45 bits per heavy atom. The van der Waals surface area contributed by atoms with Crippen molar-refractivity contribution in [1.29, 1.82) is 0 Å². The summed E-state index contributed by atoms with van der Waals surface area (Å²) >= 11 is 11.8. The van der Waals surface area contributed by atoms with Gasteiger partial charge in [0.15, 0.2) is 0 Å². The first-order chi connectivity index (χ1) is 9.33. The fourth-order valence-electron chi connectivity index (χ4n) is 2.28. The predicted octanol–water partition coefficient (Wildman–Crippen LogP) is 1.95. The lowest BCUT2D eigenvalue weighted by Crippen LogP contribution is -2.38. The SMILES string of the molecule is CN1CCCC1CNS(=O)(=O)c1ccc(Cl)c(N)c1Cl. The Labute approximate surface area is 129 Å². The standard InChI is InChI=1S/C12H17Cl2N3O2S/c1-17-6-2-3-8(17)7-16-20(18,19)10-5-4-9(13)12(15)11(10)14/h4-5,8,16H,2-3,6-7,15H2,1H3. The van der Waals surface area contributed by atoms with Crippen molar-refractivity contribution >= 4 is 38.9 Å². The molecule has 0 aliphatic carbocycles. The summed E-state index contributed by atoms with van der Waals surface area (Å²) in [4.78, 5) is 2.10. The molecule has 1 aliphatic rings. The number of nitrogens with one attached hydrogen (secondary N) is 1. The second kappa shape index (κ2) is 6.07. The van der Waals surface area contributed by atoms with E-state index in [1.165, 1.54) is 12.1 Å². The number of likely N-dealkylation sites (N-methyl/N-ethyl adjacent to an activating group) is 1. The summed E-state index contributed by atoms with van der Waals surface area (Å²) in [5.41, 5.74) is 5.73. The topological polar surface area (TPSA) is 75.4 Å². The van der Waals surface area contributed by atoms with Gasteiger partial charge in [-0.3, -0.25) is 0 Å². The molecule has 1 atom stereocenters. The fraction of sp³-hybridized carbons (Fsp3) is 0.500. The summed E-state index contributed by atoms with van der Waals surface area (Å²) in [6.45, 7) is 1.35. The number of hydrogen-bond donors (Lipinski definition) is 2. The van der Waals surface area contributed by atoms with Crippen LogP contribution < -0.4 is 10.5 Å². The first-order valence-corrected chi connectivity index (χ1v) is 8.50. The van der Waals surface area contributed by atoms with E-state index in [1.807, 2.05) is 7.05 Å². The third-order valence-electron chi connectivity index (χ3n) is 3.56. The molecule has 8 heteroatoms. The number of likely N-dealkylation sites (tertiary alicyclic amines) is 1. The van der Waals surface area contributed by atoms with Gasteiger partial charge in [-0.05, 0) is 38.6 Å². The summed E-state index contributed by atoms with van der Waals surface area (Å²) in [5, 5.41) is 0.203. The Hall–Kier alpha value is -0.530. The molecule has 1 aromatic carbocycles. The average molecular weight is 338 g/mol. The van der Waals surface area contributed by atoms with Crippen LogP contribution in [0, 0.1) is 0 Å². The number of hydrogen-bond acceptors (Lipinski definition) is 4. The van der Waals surface area contributed by atoms with Gasteiger partial charge in [-0.1, -0.05) is 23.2 Å². The highest BCUT2D eigenvalue weighted by atomic mass is 35.5. The quantitative estimate of drug-likeness (QED) is 0.823. The van der Waals surface area contributed by atoms with Gasteiger partial charge in [-0.2, -0.15) is 0 Å². The van der Waals surface area contributed by atoms with E-state index in [0.29, 0.717) is 6.54 Å². The summed E-state index contributed by atoms with van der Waals surface area (Å²) in [6, 6.07) is 3.01. The Kier molecular flexibility index (Phi) is 4.81. The molecule has 0 amide bonds. The van der Waals surface area contributed by atoms with Crippen molar-refractivity contribution in [2.75, 3.05) is 25.9 Å². The maximum absolute atomic E-state index is 12.3. The van der Waals surface area contributed by atoms with Crippen LogP contribution in [-0.2, 0) is 10.0 Å². The van der Waals surface area contributed by atoms with Crippen LogP contribution in [0.4, 0.5) is 5.69 Å². The van der Waals surface area contributed by atoms with Crippen molar-refractivity contribution in [1.82, 2.24) is 9.62 Å². The van der Waals surface area contributed by atoms with Crippen molar-refractivity contribution in [3.8, 4) is 0 Å². The van der Waals surface area contributed by atoms with Crippen LogP contribution in [0.3, 0.4) is 0 Å². The van der Waals surface area contributed by atoms with Crippen LogP contribution in [0.15, 0.2) is 17.0 Å². The summed E-state index contributed by atoms with van der Waals surface area (Å²) in [7, 11) is -1.70. The highest BCUT2D eigenvalue weighted by Crippen LogP contribution is 2.33. The van der Waals surface area contributed by atoms with E-state index >= 15 is 0 Å². The molecule has 3 N–H and O–H groups in total. The minimum atomic E-state index is -3.69. The number of benzene rings is 1. The van der Waals surface area contributed by atoms with Crippen molar-refractivity contribution in [2.45, 2.75) is 23.8 Å². The maximum Gasteiger partial charge on any atom is 0.242 e. The van der Waals surface area contributed by atoms with Gasteiger partial charge in [0.05, 0.1) is 15.7 Å². The number of anilines is 1. The number of nitrogens with two attached hydrogens (primary N) is 1. The maximum atomic E-state index is 12.3. The monoisotopic (exact) mass is 337 g/mol. The molecule has 1 heterocycles. The zero-order chi connectivity index (χ0) is 14.9. The van der Waals surface area contributed by atoms with Crippen molar-refractivity contribution in [3.63, 3.8) is 0 Å². The fourth-order valence-corrected chi connectivity index (χ4v) is 4.11. The highest BCUT2D eigenvalue weighted by molar-refractivity contribution is 7.89. The van der Waals surface area contributed by atoms with E-state index in [1.54, 1.807) is 0 Å². The van der Waals surface area contributed by atoms with Crippen LogP contribution in [-0.4, -0.2) is 39.5 Å². The molecule has 0 bridgehead atoms. The van der Waals surface area contributed by atoms with Gasteiger partial charge < -0.3 is 10.6 Å². The molecule has 112 valence electrons. The lowest BCUT2D eigenvalue weighted by Gasteiger charge is -2.20. The van der Waals surface area contributed by atoms with Gasteiger partial charge in [-0.15, -0.1) is 0 Å². The second-order valence-electron chi connectivity index (χ2n) is 4.90. The molecular formula is C12H17Cl2N3O2S. The van der Waals surface area contributed by atoms with Crippen molar-refractivity contribution < 1.29 is 8.42 Å². The minimum absolute atomic E-state index is 0.0372. The van der Waals surface area contributed by atoms with E-state index in [9.17, 15) is 8.42 Å². The lowest BCUT2D eigenvalue weighted by atomic mass is 10.2. The van der Waals surface area contributed by atoms with Gasteiger partial charge in [0.1, 0.15) is 4.90 Å². The molecule has 1 aliphatic heterocycles. The largest absolute Gasteiger partial charge is 0.396 e. The Balaban J connectivity index is 2.16. The smallest absolute Gasteiger partial charge is 0.242 e. The van der Waals surface area contributed by atoms with Crippen LogP contribution in [0.5, 0.6) is 0 Å². The first kappa shape index (κ1) is 15.9. The van der Waals surface area contributed by atoms with E-state index in [2.05, 4.69) is 9.62 Å². The van der Waals surface area contributed by atoms with Gasteiger partial charge in [0.25, 0.3) is 0 Å². The molecule has 0 aromatic heterocycles. The predicted molar refractivity (Wildman–Crippen MR) is 81.7 cm³/mol. The highest BCUT2D eigenvalue weighted by Gasteiger charge is 2.25. The molecule has 1 aromatic rings. The molecular weight excluding hydrogens is 321 g/mol. The number of halogens is 2. The zero-order valence-electron chi connectivity index (χ0n) is 11.1. The minimum Gasteiger partial charge on any atom is -0.396 e. The molecule has 2 rings (SSSR count). The van der Waals surface area contributed by atoms with Crippen LogP contribution in [0.2, 0.25) is 10.0 Å². The van der Waals surface area contributed by atoms with Crippen molar-refractivity contribution in [3.05, 3.63) is 22.2 Å². The summed E-state index contributed by atoms with van der Waals surface area (Å²) < 4.78 is 27.1. The molecule has 20 heavy (non-hydrogen) atoms. The normalized spacial score (nSPS) is 20.4. The summed E-state index contributed by atoms with van der Waals surface area (Å²) in [5.74, 6) is 0. The van der Waals surface area contributed by atoms with E-state index in [-0.39, 0.29) is 26.7 Å². The Morgan fingerprint density at radius 2 is 2.15 bits per heavy atom.